The minimum atomic E-state index is -4.47. The number of nitrogens with zero attached hydrogens (tertiary/aromatic N) is 1. The van der Waals surface area contributed by atoms with Crippen LogP contribution in [0.2, 0.25) is 0 Å². The minimum absolute atomic E-state index is 0.0320. The molecule has 9 nitrogen and oxygen atoms in total. The number of esters is 1. The minimum Gasteiger partial charge on any atom is -0.456 e. The predicted octanol–water partition coefficient (Wildman–Crippen LogP) is 23.6. The Morgan fingerprint density at radius 3 is 1.11 bits per heavy atom. The third-order valence-corrected chi connectivity index (χ3v) is 16.9. The number of rotatable bonds is 66. The first-order valence-corrected chi connectivity index (χ1v) is 38.2. The third-order valence-electron chi connectivity index (χ3n) is 15.9. The number of quaternary nitrogens is 1. The highest BCUT2D eigenvalue weighted by Crippen LogP contribution is 2.43. The van der Waals surface area contributed by atoms with Gasteiger partial charge in [-0.15, -0.1) is 0 Å². The molecule has 3 atom stereocenters. The molecule has 0 heterocycles. The van der Waals surface area contributed by atoms with Crippen molar-refractivity contribution in [2.45, 2.75) is 335 Å². The third kappa shape index (κ3) is 67.1. The number of unbranched alkanes of at least 4 members (excludes halogenated alkanes) is 34. The van der Waals surface area contributed by atoms with Gasteiger partial charge in [-0.3, -0.25) is 18.6 Å². The van der Waals surface area contributed by atoms with Crippen molar-refractivity contribution < 1.29 is 37.3 Å². The second kappa shape index (κ2) is 66.6. The van der Waals surface area contributed by atoms with Gasteiger partial charge in [0, 0.05) is 12.8 Å². The Balaban J connectivity index is 5.06. The Bertz CT molecular complexity index is 1870. The average molecular weight is 1250 g/mol. The van der Waals surface area contributed by atoms with Gasteiger partial charge in [0.2, 0.25) is 5.91 Å². The Kier molecular flexibility index (Phi) is 64.1. The molecule has 2 N–H and O–H groups in total. The van der Waals surface area contributed by atoms with Crippen LogP contribution in [0.25, 0.3) is 0 Å². The Morgan fingerprint density at radius 2 is 0.727 bits per heavy atom. The zero-order chi connectivity index (χ0) is 64.2. The fraction of sp³-hybridized carbons (Fsp3) is 0.744. The molecule has 0 aliphatic rings. The van der Waals surface area contributed by atoms with Crippen LogP contribution in [0.5, 0.6) is 0 Å². The molecule has 0 aliphatic carbocycles. The lowest BCUT2D eigenvalue weighted by atomic mass is 10.0. The summed E-state index contributed by atoms with van der Waals surface area (Å²) in [5.74, 6) is -0.530. The molecule has 0 radical (unpaired) electrons. The summed E-state index contributed by atoms with van der Waals surface area (Å²) in [5, 5.41) is 3.07. The van der Waals surface area contributed by atoms with Crippen LogP contribution in [-0.4, -0.2) is 74.3 Å². The van der Waals surface area contributed by atoms with Gasteiger partial charge in [-0.05, 0) is 115 Å². The van der Waals surface area contributed by atoms with Crippen LogP contribution in [0.1, 0.15) is 323 Å². The van der Waals surface area contributed by atoms with E-state index in [0.717, 1.165) is 109 Å². The number of nitrogens with one attached hydrogen (secondary N) is 1. The van der Waals surface area contributed by atoms with Crippen LogP contribution < -0.4 is 5.32 Å². The number of carbonyl (C=O) groups excluding carboxylic acids is 2. The SMILES string of the molecule is CC/C=C\C/C=C\C/C=C\C/C=C\C/C=C\C/C=C\CCCCCCC(=O)OC(/C=C\CCCCCCCCCCCC)C(COP(=O)(O)OCC[N+](C)(C)C)NC(=O)CCCCCCCCCCCCCCCCCCC/C=C\C/C=C\CCCCC. The smallest absolute Gasteiger partial charge is 0.456 e. The van der Waals surface area contributed by atoms with Crippen molar-refractivity contribution in [1.82, 2.24) is 5.32 Å². The molecule has 0 spiro atoms. The summed E-state index contributed by atoms with van der Waals surface area (Å²) < 4.78 is 30.8. The lowest BCUT2D eigenvalue weighted by Crippen LogP contribution is -2.47. The normalized spacial score (nSPS) is 14.1. The van der Waals surface area contributed by atoms with E-state index in [2.05, 4.69) is 123 Å². The summed E-state index contributed by atoms with van der Waals surface area (Å²) in [6, 6.07) is -0.866. The lowest BCUT2D eigenvalue weighted by molar-refractivity contribution is -0.870. The van der Waals surface area contributed by atoms with Crippen LogP contribution in [-0.2, 0) is 27.9 Å². The van der Waals surface area contributed by atoms with Crippen molar-refractivity contribution in [3.63, 3.8) is 0 Å². The number of hydrogen-bond donors (Lipinski definition) is 2. The zero-order valence-corrected chi connectivity index (χ0v) is 59.1. The van der Waals surface area contributed by atoms with Gasteiger partial charge in [0.05, 0.1) is 33.8 Å². The van der Waals surface area contributed by atoms with E-state index < -0.39 is 20.0 Å². The van der Waals surface area contributed by atoms with E-state index in [9.17, 15) is 19.0 Å². The van der Waals surface area contributed by atoms with E-state index in [1.54, 1.807) is 0 Å². The van der Waals surface area contributed by atoms with Crippen molar-refractivity contribution in [2.75, 3.05) is 40.9 Å². The van der Waals surface area contributed by atoms with Gasteiger partial charge in [-0.2, -0.15) is 0 Å². The second-order valence-electron chi connectivity index (χ2n) is 25.7. The molecule has 0 saturated heterocycles. The number of phosphoric acid groups is 1. The summed E-state index contributed by atoms with van der Waals surface area (Å²) in [5.41, 5.74) is 0. The van der Waals surface area contributed by atoms with Crippen molar-refractivity contribution >= 4 is 19.7 Å². The number of carbonyl (C=O) groups is 2. The van der Waals surface area contributed by atoms with Crippen molar-refractivity contribution in [3.8, 4) is 0 Å². The Hall–Kier alpha value is -3.33. The second-order valence-corrected chi connectivity index (χ2v) is 27.2. The number of phosphoric ester groups is 1. The summed E-state index contributed by atoms with van der Waals surface area (Å²) >= 11 is 0. The van der Waals surface area contributed by atoms with Crippen LogP contribution in [0.3, 0.4) is 0 Å². The molecule has 1 amide bonds. The molecule has 0 fully saturated rings. The lowest BCUT2D eigenvalue weighted by Gasteiger charge is -2.27. The van der Waals surface area contributed by atoms with E-state index in [-0.39, 0.29) is 31.5 Å². The van der Waals surface area contributed by atoms with Crippen LogP contribution >= 0.6 is 7.82 Å². The zero-order valence-electron chi connectivity index (χ0n) is 58.2. The van der Waals surface area contributed by atoms with Gasteiger partial charge in [-0.1, -0.05) is 304 Å². The predicted molar refractivity (Wildman–Crippen MR) is 383 cm³/mol. The molecule has 88 heavy (non-hydrogen) atoms. The number of hydrogen-bond acceptors (Lipinski definition) is 6. The Labute approximate surface area is 544 Å². The van der Waals surface area contributed by atoms with Crippen molar-refractivity contribution in [1.29, 1.82) is 0 Å². The molecule has 0 saturated carbocycles. The summed E-state index contributed by atoms with van der Waals surface area (Å²) in [7, 11) is 1.48. The van der Waals surface area contributed by atoms with E-state index in [1.807, 2.05) is 33.3 Å². The molecule has 0 aromatic heterocycles. The monoisotopic (exact) mass is 1250 g/mol. The number of ether oxygens (including phenoxy) is 1. The molecule has 508 valence electrons. The van der Waals surface area contributed by atoms with E-state index in [1.165, 1.54) is 173 Å². The van der Waals surface area contributed by atoms with Gasteiger partial charge < -0.3 is 19.4 Å². The van der Waals surface area contributed by atoms with Crippen molar-refractivity contribution in [3.05, 3.63) is 109 Å². The highest BCUT2D eigenvalue weighted by Gasteiger charge is 2.30. The maximum absolute atomic E-state index is 13.6. The number of allylic oxidation sites excluding steroid dienone is 17. The first-order chi connectivity index (χ1) is 42.9. The maximum atomic E-state index is 13.6. The van der Waals surface area contributed by atoms with E-state index >= 15 is 0 Å². The quantitative estimate of drug-likeness (QED) is 0.0205. The Morgan fingerprint density at radius 1 is 0.409 bits per heavy atom. The molecule has 0 rings (SSSR count). The number of amides is 1. The molecule has 0 aliphatic heterocycles. The fourth-order valence-electron chi connectivity index (χ4n) is 10.3. The van der Waals surface area contributed by atoms with E-state index in [4.69, 9.17) is 13.8 Å². The summed E-state index contributed by atoms with van der Waals surface area (Å²) in [6.07, 6.45) is 92.5. The van der Waals surface area contributed by atoms with Gasteiger partial charge in [-0.25, -0.2) is 4.57 Å². The van der Waals surface area contributed by atoms with Gasteiger partial charge in [0.25, 0.3) is 0 Å². The first kappa shape index (κ1) is 84.7. The molecule has 0 bridgehead atoms. The summed E-state index contributed by atoms with van der Waals surface area (Å²) in [4.78, 5) is 37.9. The largest absolute Gasteiger partial charge is 0.472 e. The number of likely N-dealkylation sites (N-methyl/N-ethyl adjacent to an activating group) is 1. The molecular weight excluding hydrogens is 1110 g/mol. The first-order valence-electron chi connectivity index (χ1n) is 36.7. The van der Waals surface area contributed by atoms with E-state index in [0.29, 0.717) is 23.9 Å². The topological polar surface area (TPSA) is 111 Å². The highest BCUT2D eigenvalue weighted by atomic mass is 31.2. The molecule has 0 aromatic carbocycles. The van der Waals surface area contributed by atoms with Crippen molar-refractivity contribution in [2.24, 2.45) is 0 Å². The van der Waals surface area contributed by atoms with Gasteiger partial charge >= 0.3 is 13.8 Å². The fourth-order valence-corrected chi connectivity index (χ4v) is 11.1. The van der Waals surface area contributed by atoms with Crippen LogP contribution in [0.15, 0.2) is 109 Å². The van der Waals surface area contributed by atoms with Gasteiger partial charge in [0.1, 0.15) is 19.3 Å². The van der Waals surface area contributed by atoms with Gasteiger partial charge in [0.15, 0.2) is 0 Å². The molecule has 3 unspecified atom stereocenters. The average Bonchev–Trinajstić information content (AvgIpc) is 3.71. The molecular formula is C78H140N2O7P+. The van der Waals surface area contributed by atoms with Crippen LogP contribution in [0, 0.1) is 0 Å². The highest BCUT2D eigenvalue weighted by molar-refractivity contribution is 7.47. The standard InChI is InChI=1S/C78H139N2O7P/c1-7-10-13-16-19-22-25-28-30-32-34-36-38-39-40-41-43-44-46-48-50-52-55-58-61-64-67-70-77(81)79-75(74-86-88(83,84)85-73-72-80(4,5)6)76(69-66-63-60-57-54-27-24-21-18-15-12-9-3)87-78(82)71-68-65-62-59-56-53-51-49-47-45-42-37-35-33-31-29-26-23-20-17-14-11-8-2/h11,14,19-20,22-23,28-31,35,37,45,47,51,53,66,69,75-76H,7-10,12-13,15-18,21,24-27,32-34,36,38-44,46,48-50,52,54-65,67-68,70-74H2,1-6H3,(H-,79,81,83,84)/p+1/b14-11-,22-19-,23-20-,30-28-,31-29-,37-35-,47-45-,53-51-,69-66-. The van der Waals surface area contributed by atoms with Crippen LogP contribution in [0.4, 0.5) is 0 Å². The summed E-state index contributed by atoms with van der Waals surface area (Å²) in [6.45, 7) is 6.88. The molecule has 0 aromatic rings. The molecule has 10 heteroatoms. The maximum Gasteiger partial charge on any atom is 0.472 e.